The van der Waals surface area contributed by atoms with Gasteiger partial charge in [0.05, 0.1) is 18.6 Å². The predicted molar refractivity (Wildman–Crippen MR) is 143 cm³/mol. The van der Waals surface area contributed by atoms with Gasteiger partial charge in [0.25, 0.3) is 5.91 Å². The van der Waals surface area contributed by atoms with E-state index in [0.29, 0.717) is 36.8 Å². The lowest BCUT2D eigenvalue weighted by atomic mass is 10.1. The fraction of sp³-hybridized carbons (Fsp3) is 0.407. The van der Waals surface area contributed by atoms with E-state index in [1.165, 1.54) is 0 Å². The van der Waals surface area contributed by atoms with E-state index in [1.54, 1.807) is 41.3 Å². The molecule has 0 radical (unpaired) electrons. The van der Waals surface area contributed by atoms with E-state index in [-0.39, 0.29) is 30.7 Å². The van der Waals surface area contributed by atoms with Crippen molar-refractivity contribution in [2.45, 2.75) is 38.6 Å². The summed E-state index contributed by atoms with van der Waals surface area (Å²) in [6.07, 6.45) is 2.78. The Bertz CT molecular complexity index is 1070. The summed E-state index contributed by atoms with van der Waals surface area (Å²) in [4.78, 5) is 39.5. The molecule has 1 atom stereocenters. The Hall–Kier alpha value is -3.66. The number of hydrogen-bond donors (Lipinski definition) is 2. The average Bonchev–Trinajstić information content (AvgIpc) is 2.91. The molecule has 10 heteroatoms. The first kappa shape index (κ1) is 27.9. The monoisotopic (exact) mass is 527 g/mol. The molecule has 0 bridgehead atoms. The second kappa shape index (κ2) is 14.8. The van der Waals surface area contributed by atoms with Gasteiger partial charge in [0.15, 0.2) is 5.11 Å². The number of benzene rings is 2. The molecule has 2 aromatic carbocycles. The van der Waals surface area contributed by atoms with E-state index in [9.17, 15) is 14.4 Å². The molecule has 3 rings (SSSR count). The van der Waals surface area contributed by atoms with Crippen molar-refractivity contribution >= 4 is 35.1 Å². The minimum atomic E-state index is -0.898. The van der Waals surface area contributed by atoms with E-state index >= 15 is 0 Å². The number of para-hydroxylation sites is 2. The lowest BCUT2D eigenvalue weighted by Gasteiger charge is -2.36. The number of carbonyl (C=O) groups excluding carboxylic acids is 3. The van der Waals surface area contributed by atoms with Crippen molar-refractivity contribution in [3.8, 4) is 11.5 Å². The molecule has 198 valence electrons. The minimum Gasteiger partial charge on any atom is -0.493 e. The Morgan fingerprint density at radius 1 is 1.03 bits per heavy atom. The smallest absolute Gasteiger partial charge is 0.308 e. The van der Waals surface area contributed by atoms with Crippen LogP contribution in [0.3, 0.4) is 0 Å². The molecule has 0 spiro atoms. The summed E-state index contributed by atoms with van der Waals surface area (Å²) in [5.41, 5.74) is 0.345. The zero-order chi connectivity index (χ0) is 26.5. The number of nitrogens with zero attached hydrogens (tertiary/aromatic N) is 1. The fourth-order valence-electron chi connectivity index (χ4n) is 3.76. The molecule has 9 nitrogen and oxygen atoms in total. The number of piperazine rings is 1. The largest absolute Gasteiger partial charge is 0.493 e. The second-order valence-corrected chi connectivity index (χ2v) is 8.78. The van der Waals surface area contributed by atoms with Crippen molar-refractivity contribution in [1.82, 2.24) is 15.5 Å². The first-order valence-corrected chi connectivity index (χ1v) is 12.9. The Balaban J connectivity index is 1.54. The summed E-state index contributed by atoms with van der Waals surface area (Å²) in [6.45, 7) is 3.52. The Morgan fingerprint density at radius 2 is 1.78 bits per heavy atom. The summed E-state index contributed by atoms with van der Waals surface area (Å²) in [6, 6.07) is 15.2. The van der Waals surface area contributed by atoms with Crippen molar-refractivity contribution < 1.29 is 28.6 Å². The summed E-state index contributed by atoms with van der Waals surface area (Å²) < 4.78 is 16.6. The molecule has 0 aliphatic carbocycles. The highest BCUT2D eigenvalue weighted by Crippen LogP contribution is 2.19. The van der Waals surface area contributed by atoms with Gasteiger partial charge < -0.3 is 24.4 Å². The van der Waals surface area contributed by atoms with Crippen LogP contribution in [0.1, 0.15) is 43.0 Å². The first-order chi connectivity index (χ1) is 18.0. The zero-order valence-electron chi connectivity index (χ0n) is 20.9. The first-order valence-electron chi connectivity index (χ1n) is 12.4. The highest BCUT2D eigenvalue weighted by molar-refractivity contribution is 7.80. The number of carbonyl (C=O) groups is 3. The van der Waals surface area contributed by atoms with Gasteiger partial charge in [-0.25, -0.2) is 0 Å². The van der Waals surface area contributed by atoms with Gasteiger partial charge >= 0.3 is 5.97 Å². The molecule has 1 aliphatic rings. The lowest BCUT2D eigenvalue weighted by molar-refractivity contribution is -0.148. The van der Waals surface area contributed by atoms with Gasteiger partial charge in [-0.1, -0.05) is 50.1 Å². The molecular formula is C27H33N3O6S. The number of rotatable bonds is 12. The summed E-state index contributed by atoms with van der Waals surface area (Å²) in [5.74, 6) is -0.233. The highest BCUT2D eigenvalue weighted by atomic mass is 32.1. The third kappa shape index (κ3) is 8.75. The maximum absolute atomic E-state index is 13.0. The molecule has 0 saturated carbocycles. The molecular weight excluding hydrogens is 494 g/mol. The van der Waals surface area contributed by atoms with Crippen LogP contribution in [0.15, 0.2) is 54.6 Å². The summed E-state index contributed by atoms with van der Waals surface area (Å²) in [5, 5.41) is 5.48. The van der Waals surface area contributed by atoms with Gasteiger partial charge in [-0.15, -0.1) is 0 Å². The topological polar surface area (TPSA) is 106 Å². The van der Waals surface area contributed by atoms with Gasteiger partial charge in [0, 0.05) is 13.1 Å². The molecule has 0 aromatic heterocycles. The molecule has 37 heavy (non-hydrogen) atoms. The molecule has 1 unspecified atom stereocenters. The number of thiocarbonyl (C=S) groups is 1. The maximum atomic E-state index is 13.0. The van der Waals surface area contributed by atoms with Crippen molar-refractivity contribution in [2.24, 2.45) is 0 Å². The molecule has 1 fully saturated rings. The molecule has 2 amide bonds. The standard InChI is InChI=1S/C27H33N3O6S/c1-2-3-9-16-35-23-13-8-7-12-21(23)25(32)29-27(37)30-15-14-28-26(33)22(30)19-24(31)36-18-17-34-20-10-5-4-6-11-20/h4-8,10-13,22H,2-3,9,14-19H2,1H3,(H,28,33)(H,29,32,37). The molecule has 2 aromatic rings. The predicted octanol–water partition coefficient (Wildman–Crippen LogP) is 3.08. The van der Waals surface area contributed by atoms with Crippen LogP contribution in [-0.4, -0.2) is 66.7 Å². The van der Waals surface area contributed by atoms with Crippen molar-refractivity contribution in [3.05, 3.63) is 60.2 Å². The van der Waals surface area contributed by atoms with E-state index in [2.05, 4.69) is 17.6 Å². The van der Waals surface area contributed by atoms with E-state index in [0.717, 1.165) is 19.3 Å². The van der Waals surface area contributed by atoms with Gasteiger partial charge in [-0.05, 0) is 42.9 Å². The number of nitrogens with one attached hydrogen (secondary N) is 2. The van der Waals surface area contributed by atoms with Crippen LogP contribution >= 0.6 is 12.2 Å². The maximum Gasteiger partial charge on any atom is 0.308 e. The normalized spacial score (nSPS) is 14.9. The lowest BCUT2D eigenvalue weighted by Crippen LogP contribution is -2.60. The van der Waals surface area contributed by atoms with Crippen LogP contribution in [0, 0.1) is 0 Å². The van der Waals surface area contributed by atoms with E-state index in [4.69, 9.17) is 26.4 Å². The van der Waals surface area contributed by atoms with Crippen molar-refractivity contribution in [1.29, 1.82) is 0 Å². The Kier molecular flexibility index (Phi) is 11.2. The third-order valence-corrected chi connectivity index (χ3v) is 6.00. The zero-order valence-corrected chi connectivity index (χ0v) is 21.8. The van der Waals surface area contributed by atoms with Crippen LogP contribution in [-0.2, 0) is 14.3 Å². The second-order valence-electron chi connectivity index (χ2n) is 8.40. The highest BCUT2D eigenvalue weighted by Gasteiger charge is 2.34. The average molecular weight is 528 g/mol. The Labute approximate surface area is 222 Å². The molecule has 1 saturated heterocycles. The molecule has 2 N–H and O–H groups in total. The fourth-order valence-corrected chi connectivity index (χ4v) is 4.07. The van der Waals surface area contributed by atoms with Crippen LogP contribution in [0.4, 0.5) is 0 Å². The third-order valence-electron chi connectivity index (χ3n) is 5.67. The number of unbranched alkanes of at least 4 members (excludes halogenated alkanes) is 2. The Morgan fingerprint density at radius 3 is 2.57 bits per heavy atom. The summed E-state index contributed by atoms with van der Waals surface area (Å²) >= 11 is 5.46. The number of amides is 2. The van der Waals surface area contributed by atoms with Crippen LogP contribution in [0.25, 0.3) is 0 Å². The van der Waals surface area contributed by atoms with Crippen molar-refractivity contribution in [2.75, 3.05) is 32.9 Å². The number of hydrogen-bond acceptors (Lipinski definition) is 7. The van der Waals surface area contributed by atoms with Gasteiger partial charge in [0.1, 0.15) is 30.8 Å². The van der Waals surface area contributed by atoms with Gasteiger partial charge in [-0.3, -0.25) is 19.7 Å². The quantitative estimate of drug-likeness (QED) is 0.247. The molecule has 1 heterocycles. The van der Waals surface area contributed by atoms with Crippen LogP contribution < -0.4 is 20.1 Å². The number of ether oxygens (including phenoxy) is 3. The minimum absolute atomic E-state index is 0.0400. The van der Waals surface area contributed by atoms with Crippen molar-refractivity contribution in [3.63, 3.8) is 0 Å². The van der Waals surface area contributed by atoms with E-state index in [1.807, 2.05) is 18.2 Å². The van der Waals surface area contributed by atoms with Crippen LogP contribution in [0.2, 0.25) is 0 Å². The van der Waals surface area contributed by atoms with Gasteiger partial charge in [0.2, 0.25) is 5.91 Å². The number of esters is 1. The van der Waals surface area contributed by atoms with Gasteiger partial charge in [-0.2, -0.15) is 0 Å². The SMILES string of the molecule is CCCCCOc1ccccc1C(=O)NC(=S)N1CCNC(=O)C1CC(=O)OCCOc1ccccc1. The van der Waals surface area contributed by atoms with Crippen LogP contribution in [0.5, 0.6) is 11.5 Å². The summed E-state index contributed by atoms with van der Waals surface area (Å²) in [7, 11) is 0. The molecule has 1 aliphatic heterocycles. The van der Waals surface area contributed by atoms with E-state index < -0.39 is 17.9 Å².